The van der Waals surface area contributed by atoms with Gasteiger partial charge in [-0.2, -0.15) is 0 Å². The third kappa shape index (κ3) is 6.29. The normalized spacial score (nSPS) is 11.0. The first-order valence-electron chi connectivity index (χ1n) is 7.07. The first-order valence-corrected chi connectivity index (χ1v) is 8.21. The predicted molar refractivity (Wildman–Crippen MR) is 99.2 cm³/mol. The van der Waals surface area contributed by atoms with E-state index in [0.717, 1.165) is 0 Å². The van der Waals surface area contributed by atoms with Crippen molar-refractivity contribution in [3.05, 3.63) is 57.0 Å². The van der Waals surface area contributed by atoms with Crippen LogP contribution in [0.4, 0.5) is 0 Å². The van der Waals surface area contributed by atoms with Gasteiger partial charge in [0, 0.05) is 5.02 Å². The Hall–Kier alpha value is -2.15. The number of ether oxygens (including phenoxy) is 2. The Kier molecular flexibility index (Phi) is 8.51. The maximum Gasteiger partial charge on any atom is 0.344 e. The van der Waals surface area contributed by atoms with Crippen molar-refractivity contribution in [2.24, 2.45) is 0 Å². The molecule has 2 N–H and O–H groups in total. The maximum absolute atomic E-state index is 10.7. The molecule has 2 aromatic rings. The van der Waals surface area contributed by atoms with Gasteiger partial charge in [-0.05, 0) is 43.3 Å². The lowest BCUT2D eigenvalue weighted by Crippen LogP contribution is -2.22. The van der Waals surface area contributed by atoms with Gasteiger partial charge in [-0.15, -0.1) is 0 Å². The van der Waals surface area contributed by atoms with E-state index in [1.807, 2.05) is 0 Å². The number of aromatic carboxylic acids is 1. The zero-order chi connectivity index (χ0) is 19.9. The zero-order valence-electron chi connectivity index (χ0n) is 13.7. The second-order valence-electron chi connectivity index (χ2n) is 4.79. The van der Waals surface area contributed by atoms with Crippen LogP contribution < -0.4 is 9.47 Å². The molecule has 2 rings (SSSR count). The van der Waals surface area contributed by atoms with Crippen molar-refractivity contribution in [2.45, 2.75) is 13.0 Å². The van der Waals surface area contributed by atoms with E-state index in [1.54, 1.807) is 24.3 Å². The third-order valence-electron chi connectivity index (χ3n) is 2.95. The van der Waals surface area contributed by atoms with Crippen LogP contribution in [0.25, 0.3) is 0 Å². The van der Waals surface area contributed by atoms with E-state index in [4.69, 9.17) is 54.5 Å². The number of carboxylic acids is 2. The van der Waals surface area contributed by atoms with Crippen molar-refractivity contribution in [3.63, 3.8) is 0 Å². The third-order valence-corrected chi connectivity index (χ3v) is 3.82. The molecule has 0 aromatic heterocycles. The summed E-state index contributed by atoms with van der Waals surface area (Å²) >= 11 is 17.0. The number of hydrogen-bond acceptors (Lipinski definition) is 4. The quantitative estimate of drug-likeness (QED) is 0.714. The molecule has 9 heteroatoms. The van der Waals surface area contributed by atoms with Gasteiger partial charge in [0.1, 0.15) is 11.3 Å². The Labute approximate surface area is 164 Å². The highest BCUT2D eigenvalue weighted by Crippen LogP contribution is 2.33. The standard InChI is InChI=1S/C9H9ClO3.C8H6Cl2O3/c1-6(9(11)12)13-8-4-2-7(10)3-5-8;1-13-7-5(10)3-2-4(9)6(7)8(11)12/h2-6H,1H3,(H,11,12);2-3H,1H3,(H,11,12). The zero-order valence-corrected chi connectivity index (χ0v) is 16.0. The van der Waals surface area contributed by atoms with Gasteiger partial charge in [-0.3, -0.25) is 0 Å². The summed E-state index contributed by atoms with van der Waals surface area (Å²) in [6.07, 6.45) is -0.846. The van der Waals surface area contributed by atoms with Crippen LogP contribution in [0.3, 0.4) is 0 Å². The largest absolute Gasteiger partial charge is 0.494 e. The van der Waals surface area contributed by atoms with Gasteiger partial charge < -0.3 is 19.7 Å². The van der Waals surface area contributed by atoms with Crippen LogP contribution in [-0.4, -0.2) is 35.4 Å². The smallest absolute Gasteiger partial charge is 0.344 e. The number of methoxy groups -OCH3 is 1. The molecule has 140 valence electrons. The van der Waals surface area contributed by atoms with Gasteiger partial charge in [0.15, 0.2) is 11.9 Å². The van der Waals surface area contributed by atoms with Gasteiger partial charge in [-0.1, -0.05) is 34.8 Å². The first kappa shape index (κ1) is 21.9. The Morgan fingerprint density at radius 1 is 0.962 bits per heavy atom. The predicted octanol–water partition coefficient (Wildman–Crippen LogP) is 4.89. The van der Waals surface area contributed by atoms with Crippen LogP contribution in [0.5, 0.6) is 11.5 Å². The van der Waals surface area contributed by atoms with E-state index in [1.165, 1.54) is 26.2 Å². The molecule has 0 saturated carbocycles. The molecule has 6 nitrogen and oxygen atoms in total. The van der Waals surface area contributed by atoms with Gasteiger partial charge in [0.2, 0.25) is 0 Å². The van der Waals surface area contributed by atoms with E-state index >= 15 is 0 Å². The molecule has 0 aliphatic heterocycles. The molecular formula is C17H15Cl3O6. The van der Waals surface area contributed by atoms with Crippen LogP contribution in [0, 0.1) is 0 Å². The average Bonchev–Trinajstić information content (AvgIpc) is 2.58. The molecule has 0 fully saturated rings. The van der Waals surface area contributed by atoms with E-state index < -0.39 is 18.0 Å². The lowest BCUT2D eigenvalue weighted by Gasteiger charge is -2.09. The van der Waals surface area contributed by atoms with Crippen LogP contribution >= 0.6 is 34.8 Å². The molecule has 0 amide bonds. The summed E-state index contributed by atoms with van der Waals surface area (Å²) < 4.78 is 9.89. The van der Waals surface area contributed by atoms with Crippen LogP contribution in [-0.2, 0) is 4.79 Å². The number of rotatable bonds is 5. The van der Waals surface area contributed by atoms with Gasteiger partial charge in [-0.25, -0.2) is 9.59 Å². The van der Waals surface area contributed by atoms with Crippen molar-refractivity contribution >= 4 is 46.7 Å². The highest BCUT2D eigenvalue weighted by Gasteiger charge is 2.18. The SMILES string of the molecule is CC(Oc1ccc(Cl)cc1)C(=O)O.COc1c(Cl)ccc(Cl)c1C(=O)O. The molecule has 1 atom stereocenters. The maximum atomic E-state index is 10.7. The summed E-state index contributed by atoms with van der Waals surface area (Å²) in [5.74, 6) is -1.57. The molecule has 0 saturated heterocycles. The Bertz CT molecular complexity index is 777. The van der Waals surface area contributed by atoms with E-state index in [-0.39, 0.29) is 21.4 Å². The van der Waals surface area contributed by atoms with Crippen molar-refractivity contribution in [3.8, 4) is 11.5 Å². The number of carboxylic acid groups (broad SMARTS) is 2. The summed E-state index contributed by atoms with van der Waals surface area (Å²) in [5, 5.41) is 18.3. The summed E-state index contributed by atoms with van der Waals surface area (Å²) in [4.78, 5) is 21.2. The fourth-order valence-corrected chi connectivity index (χ4v) is 2.29. The molecule has 0 spiro atoms. The number of aliphatic carboxylic acids is 1. The molecule has 2 aromatic carbocycles. The summed E-state index contributed by atoms with van der Waals surface area (Å²) in [5.41, 5.74) is -0.114. The fourth-order valence-electron chi connectivity index (χ4n) is 1.70. The van der Waals surface area contributed by atoms with Crippen molar-refractivity contribution in [1.29, 1.82) is 0 Å². The fraction of sp³-hybridized carbons (Fsp3) is 0.176. The second kappa shape index (κ2) is 10.1. The minimum atomic E-state index is -1.16. The minimum Gasteiger partial charge on any atom is -0.494 e. The Morgan fingerprint density at radius 3 is 1.92 bits per heavy atom. The second-order valence-corrected chi connectivity index (χ2v) is 6.05. The van der Waals surface area contributed by atoms with E-state index in [9.17, 15) is 9.59 Å². The topological polar surface area (TPSA) is 93.1 Å². The monoisotopic (exact) mass is 420 g/mol. The van der Waals surface area contributed by atoms with Crippen LogP contribution in [0.2, 0.25) is 15.1 Å². The molecule has 0 aliphatic carbocycles. The molecule has 0 radical (unpaired) electrons. The summed E-state index contributed by atoms with van der Waals surface area (Å²) in [7, 11) is 1.34. The van der Waals surface area contributed by atoms with Crippen molar-refractivity contribution < 1.29 is 29.3 Å². The minimum absolute atomic E-state index is 0.0849. The van der Waals surface area contributed by atoms with E-state index in [0.29, 0.717) is 10.8 Å². The molecule has 26 heavy (non-hydrogen) atoms. The lowest BCUT2D eigenvalue weighted by molar-refractivity contribution is -0.144. The molecule has 0 aliphatic rings. The number of halogens is 3. The molecule has 0 bridgehead atoms. The van der Waals surface area contributed by atoms with Crippen LogP contribution in [0.1, 0.15) is 17.3 Å². The molecule has 0 heterocycles. The average molecular weight is 422 g/mol. The summed E-state index contributed by atoms with van der Waals surface area (Å²) in [6, 6.07) is 9.44. The number of carbonyl (C=O) groups is 2. The van der Waals surface area contributed by atoms with Crippen LogP contribution in [0.15, 0.2) is 36.4 Å². The van der Waals surface area contributed by atoms with Gasteiger partial charge >= 0.3 is 11.9 Å². The van der Waals surface area contributed by atoms with Gasteiger partial charge in [0.05, 0.1) is 17.2 Å². The highest BCUT2D eigenvalue weighted by atomic mass is 35.5. The summed E-state index contributed by atoms with van der Waals surface area (Å²) in [6.45, 7) is 1.47. The van der Waals surface area contributed by atoms with Crippen molar-refractivity contribution in [1.82, 2.24) is 0 Å². The highest BCUT2D eigenvalue weighted by molar-refractivity contribution is 6.37. The van der Waals surface area contributed by atoms with E-state index in [2.05, 4.69) is 0 Å². The lowest BCUT2D eigenvalue weighted by atomic mass is 10.2. The van der Waals surface area contributed by atoms with Crippen molar-refractivity contribution in [2.75, 3.05) is 7.11 Å². The number of benzene rings is 2. The Morgan fingerprint density at radius 2 is 1.50 bits per heavy atom. The molecule has 1 unspecified atom stereocenters. The van der Waals surface area contributed by atoms with Gasteiger partial charge in [0.25, 0.3) is 0 Å². The Balaban J connectivity index is 0.000000260. The number of hydrogen-bond donors (Lipinski definition) is 2. The molecular weight excluding hydrogens is 407 g/mol. The first-order chi connectivity index (χ1) is 12.2.